The molecule has 0 spiro atoms. The lowest BCUT2D eigenvalue weighted by molar-refractivity contribution is -0.117. The van der Waals surface area contributed by atoms with E-state index in [9.17, 15) is 9.18 Å². The lowest BCUT2D eigenvalue weighted by atomic mass is 10.0. The van der Waals surface area contributed by atoms with Gasteiger partial charge in [-0.2, -0.15) is 5.10 Å². The maximum absolute atomic E-state index is 13.1. The second kappa shape index (κ2) is 6.94. The van der Waals surface area contributed by atoms with Crippen LogP contribution in [0.4, 0.5) is 10.1 Å². The Kier molecular flexibility index (Phi) is 4.74. The Hall–Kier alpha value is -2.17. The average Bonchev–Trinajstić information content (AvgIpc) is 3.18. The molecule has 2 N–H and O–H groups in total. The first-order valence-corrected chi connectivity index (χ1v) is 8.30. The molecule has 5 heteroatoms. The molecule has 2 aromatic rings. The fourth-order valence-corrected chi connectivity index (χ4v) is 3.25. The molecule has 1 fully saturated rings. The van der Waals surface area contributed by atoms with Crippen LogP contribution in [-0.4, -0.2) is 16.1 Å². The topological polar surface area (TPSA) is 57.8 Å². The minimum Gasteiger partial charge on any atom is -0.323 e. The molecular formula is C18H22FN3O. The Morgan fingerprint density at radius 3 is 2.65 bits per heavy atom. The number of rotatable bonds is 5. The highest BCUT2D eigenvalue weighted by molar-refractivity contribution is 5.95. The monoisotopic (exact) mass is 315 g/mol. The van der Waals surface area contributed by atoms with Gasteiger partial charge in [-0.1, -0.05) is 19.8 Å². The second-order valence-electron chi connectivity index (χ2n) is 6.19. The molecule has 122 valence electrons. The first kappa shape index (κ1) is 15.7. The van der Waals surface area contributed by atoms with Gasteiger partial charge in [-0.15, -0.1) is 0 Å². The predicted molar refractivity (Wildman–Crippen MR) is 88.6 cm³/mol. The zero-order valence-electron chi connectivity index (χ0n) is 13.4. The van der Waals surface area contributed by atoms with E-state index in [1.807, 2.05) is 6.92 Å². The van der Waals surface area contributed by atoms with Crippen molar-refractivity contribution < 1.29 is 9.18 Å². The van der Waals surface area contributed by atoms with Crippen molar-refractivity contribution in [3.8, 4) is 11.3 Å². The number of benzene rings is 1. The van der Waals surface area contributed by atoms with Crippen molar-refractivity contribution in [2.75, 3.05) is 5.32 Å². The maximum atomic E-state index is 13.1. The van der Waals surface area contributed by atoms with Crippen LogP contribution in [0.25, 0.3) is 11.3 Å². The summed E-state index contributed by atoms with van der Waals surface area (Å²) in [5, 5.41) is 10.3. The summed E-state index contributed by atoms with van der Waals surface area (Å²) in [4.78, 5) is 12.4. The van der Waals surface area contributed by atoms with E-state index < -0.39 is 0 Å². The molecule has 0 aliphatic heterocycles. The van der Waals surface area contributed by atoms with Gasteiger partial charge in [0, 0.05) is 12.0 Å². The lowest BCUT2D eigenvalue weighted by Gasteiger charge is -2.11. The molecule has 4 nitrogen and oxygen atoms in total. The van der Waals surface area contributed by atoms with Crippen LogP contribution in [0.3, 0.4) is 0 Å². The number of aromatic nitrogens is 2. The van der Waals surface area contributed by atoms with Crippen LogP contribution in [0.15, 0.2) is 24.3 Å². The number of aryl methyl sites for hydroxylation is 1. The van der Waals surface area contributed by atoms with Crippen molar-refractivity contribution in [2.24, 2.45) is 5.92 Å². The number of hydrogen-bond donors (Lipinski definition) is 2. The van der Waals surface area contributed by atoms with Gasteiger partial charge >= 0.3 is 0 Å². The molecule has 0 radical (unpaired) electrons. The summed E-state index contributed by atoms with van der Waals surface area (Å²) in [7, 11) is 0. The van der Waals surface area contributed by atoms with Crippen molar-refractivity contribution in [3.05, 3.63) is 35.8 Å². The quantitative estimate of drug-likeness (QED) is 0.864. The van der Waals surface area contributed by atoms with Gasteiger partial charge in [0.2, 0.25) is 5.91 Å². The van der Waals surface area contributed by atoms with Crippen LogP contribution in [-0.2, 0) is 11.2 Å². The van der Waals surface area contributed by atoms with Crippen molar-refractivity contribution >= 4 is 11.6 Å². The van der Waals surface area contributed by atoms with Gasteiger partial charge in [-0.3, -0.25) is 9.89 Å². The van der Waals surface area contributed by atoms with Crippen LogP contribution in [0, 0.1) is 11.7 Å². The number of anilines is 1. The van der Waals surface area contributed by atoms with Crippen LogP contribution in [0.1, 0.15) is 44.7 Å². The fourth-order valence-electron chi connectivity index (χ4n) is 3.25. The number of aromatic amines is 1. The number of amides is 1. The Balaban J connectivity index is 1.80. The Morgan fingerprint density at radius 1 is 1.30 bits per heavy atom. The van der Waals surface area contributed by atoms with Crippen LogP contribution >= 0.6 is 0 Å². The summed E-state index contributed by atoms with van der Waals surface area (Å²) in [6.07, 6.45) is 6.05. The summed E-state index contributed by atoms with van der Waals surface area (Å²) in [5.74, 6) is 0.254. The smallest absolute Gasteiger partial charge is 0.224 e. The highest BCUT2D eigenvalue weighted by atomic mass is 19.1. The van der Waals surface area contributed by atoms with E-state index in [0.717, 1.165) is 36.2 Å². The molecule has 1 aromatic carbocycles. The number of H-pyrrole nitrogens is 1. The average molecular weight is 315 g/mol. The fraction of sp³-hybridized carbons (Fsp3) is 0.444. The van der Waals surface area contributed by atoms with Crippen molar-refractivity contribution in [1.82, 2.24) is 10.2 Å². The number of halogens is 1. The van der Waals surface area contributed by atoms with Crippen molar-refractivity contribution in [2.45, 2.75) is 45.4 Å². The molecule has 0 atom stereocenters. The first-order chi connectivity index (χ1) is 11.2. The molecular weight excluding hydrogens is 293 g/mol. The normalized spacial score (nSPS) is 15.0. The van der Waals surface area contributed by atoms with Crippen LogP contribution in [0.2, 0.25) is 0 Å². The van der Waals surface area contributed by atoms with E-state index in [4.69, 9.17) is 0 Å². The van der Waals surface area contributed by atoms with Crippen molar-refractivity contribution in [1.29, 1.82) is 0 Å². The zero-order chi connectivity index (χ0) is 16.2. The van der Waals surface area contributed by atoms with Gasteiger partial charge in [-0.05, 0) is 49.4 Å². The molecule has 1 amide bonds. The van der Waals surface area contributed by atoms with Crippen LogP contribution < -0.4 is 5.32 Å². The largest absolute Gasteiger partial charge is 0.323 e. The number of hydrogen-bond acceptors (Lipinski definition) is 2. The van der Waals surface area contributed by atoms with Gasteiger partial charge < -0.3 is 5.32 Å². The molecule has 1 aliphatic carbocycles. The molecule has 1 aromatic heterocycles. The summed E-state index contributed by atoms with van der Waals surface area (Å²) in [5.41, 5.74) is 3.08. The Labute approximate surface area is 135 Å². The molecule has 1 aliphatic rings. The summed E-state index contributed by atoms with van der Waals surface area (Å²) in [6, 6.07) is 6.16. The maximum Gasteiger partial charge on any atom is 0.224 e. The lowest BCUT2D eigenvalue weighted by Crippen LogP contribution is -2.16. The van der Waals surface area contributed by atoms with E-state index in [-0.39, 0.29) is 11.7 Å². The van der Waals surface area contributed by atoms with Gasteiger partial charge in [0.15, 0.2) is 0 Å². The molecule has 0 bridgehead atoms. The summed E-state index contributed by atoms with van der Waals surface area (Å²) < 4.78 is 13.1. The molecule has 1 heterocycles. The van der Waals surface area contributed by atoms with E-state index in [1.54, 1.807) is 12.1 Å². The summed E-state index contributed by atoms with van der Waals surface area (Å²) >= 11 is 0. The minimum absolute atomic E-state index is 0.0383. The molecule has 23 heavy (non-hydrogen) atoms. The van der Waals surface area contributed by atoms with E-state index >= 15 is 0 Å². The zero-order valence-corrected chi connectivity index (χ0v) is 13.4. The van der Waals surface area contributed by atoms with Gasteiger partial charge in [0.05, 0.1) is 11.4 Å². The number of carbonyl (C=O) groups excluding carboxylic acids is 1. The van der Waals surface area contributed by atoms with Crippen LogP contribution in [0.5, 0.6) is 0 Å². The first-order valence-electron chi connectivity index (χ1n) is 8.30. The predicted octanol–water partition coefficient (Wildman–Crippen LogP) is 4.30. The molecule has 3 rings (SSSR count). The highest BCUT2D eigenvalue weighted by Crippen LogP contribution is 2.31. The van der Waals surface area contributed by atoms with Gasteiger partial charge in [0.1, 0.15) is 11.5 Å². The number of nitrogens with zero attached hydrogens (tertiary/aromatic N) is 1. The standard InChI is InChI=1S/C18H22FN3O/c1-2-15-18(20-16(23)11-12-5-3-4-6-12)17(22-21-15)13-7-9-14(19)10-8-13/h7-10,12H,2-6,11H2,1H3,(H,20,23)(H,21,22). The third-order valence-corrected chi connectivity index (χ3v) is 4.53. The minimum atomic E-state index is -0.285. The van der Waals surface area contributed by atoms with E-state index in [2.05, 4.69) is 15.5 Å². The van der Waals surface area contributed by atoms with Gasteiger partial charge in [0.25, 0.3) is 0 Å². The van der Waals surface area contributed by atoms with E-state index in [0.29, 0.717) is 18.0 Å². The Morgan fingerprint density at radius 2 is 2.00 bits per heavy atom. The molecule has 0 unspecified atom stereocenters. The number of carbonyl (C=O) groups is 1. The highest BCUT2D eigenvalue weighted by Gasteiger charge is 2.21. The number of nitrogens with one attached hydrogen (secondary N) is 2. The molecule has 0 saturated heterocycles. The SMILES string of the molecule is CCc1[nH]nc(-c2ccc(F)cc2)c1NC(=O)CC1CCCC1. The third-order valence-electron chi connectivity index (χ3n) is 4.53. The van der Waals surface area contributed by atoms with E-state index in [1.165, 1.54) is 25.0 Å². The molecule has 1 saturated carbocycles. The Bertz CT molecular complexity index is 672. The van der Waals surface area contributed by atoms with Crippen molar-refractivity contribution in [3.63, 3.8) is 0 Å². The third kappa shape index (κ3) is 3.60. The van der Waals surface area contributed by atoms with Gasteiger partial charge in [-0.25, -0.2) is 4.39 Å². The summed E-state index contributed by atoms with van der Waals surface area (Å²) in [6.45, 7) is 2.01. The second-order valence-corrected chi connectivity index (χ2v) is 6.19.